The summed E-state index contributed by atoms with van der Waals surface area (Å²) in [6, 6.07) is 0. The van der Waals surface area contributed by atoms with E-state index in [-0.39, 0.29) is 19.6 Å². The van der Waals surface area contributed by atoms with Gasteiger partial charge in [0.05, 0.1) is 13.2 Å². The van der Waals surface area contributed by atoms with Crippen LogP contribution in [0.5, 0.6) is 0 Å². The first-order chi connectivity index (χ1) is 8.94. The Bertz CT molecular complexity index is 326. The quantitative estimate of drug-likeness (QED) is 0.366. The lowest BCUT2D eigenvalue weighted by Crippen LogP contribution is -2.42. The van der Waals surface area contributed by atoms with E-state index in [0.29, 0.717) is 12.8 Å². The SMILES string of the molecule is C=CCC(CCC(=C)C)(C(=O)OCC)C(=O)OCC. The Kier molecular flexibility index (Phi) is 7.80. The number of allylic oxidation sites excluding steroid dienone is 2. The Balaban J connectivity index is 5.31. The van der Waals surface area contributed by atoms with E-state index in [1.807, 2.05) is 6.92 Å². The molecule has 0 rings (SSSR count). The number of ether oxygens (including phenoxy) is 2. The van der Waals surface area contributed by atoms with Crippen molar-refractivity contribution in [3.8, 4) is 0 Å². The molecule has 0 bridgehead atoms. The molecule has 19 heavy (non-hydrogen) atoms. The fourth-order valence-electron chi connectivity index (χ4n) is 1.77. The normalized spacial score (nSPS) is 10.7. The molecule has 0 aliphatic rings. The summed E-state index contributed by atoms with van der Waals surface area (Å²) in [6.07, 6.45) is 2.64. The predicted octanol–water partition coefficient (Wildman–Crippen LogP) is 3.03. The van der Waals surface area contributed by atoms with Crippen LogP contribution in [0, 0.1) is 5.41 Å². The molecule has 0 aromatic heterocycles. The van der Waals surface area contributed by atoms with Gasteiger partial charge in [0.25, 0.3) is 0 Å². The van der Waals surface area contributed by atoms with Gasteiger partial charge in [-0.15, -0.1) is 13.2 Å². The highest BCUT2D eigenvalue weighted by molar-refractivity contribution is 6.00. The second-order valence-corrected chi connectivity index (χ2v) is 4.47. The van der Waals surface area contributed by atoms with E-state index in [1.54, 1.807) is 19.9 Å². The van der Waals surface area contributed by atoms with Crippen molar-refractivity contribution >= 4 is 11.9 Å². The van der Waals surface area contributed by atoms with Crippen molar-refractivity contribution in [3.63, 3.8) is 0 Å². The number of rotatable bonds is 9. The maximum absolute atomic E-state index is 12.2. The van der Waals surface area contributed by atoms with Crippen LogP contribution < -0.4 is 0 Å². The maximum Gasteiger partial charge on any atom is 0.323 e. The first-order valence-electron chi connectivity index (χ1n) is 6.54. The third-order valence-corrected chi connectivity index (χ3v) is 2.80. The zero-order valence-electron chi connectivity index (χ0n) is 12.2. The predicted molar refractivity (Wildman–Crippen MR) is 74.6 cm³/mol. The van der Waals surface area contributed by atoms with Crippen LogP contribution in [0.3, 0.4) is 0 Å². The molecule has 0 saturated carbocycles. The molecule has 0 N–H and O–H groups in total. The molecule has 4 nitrogen and oxygen atoms in total. The molecule has 0 aliphatic carbocycles. The Labute approximate surface area is 115 Å². The van der Waals surface area contributed by atoms with Crippen LogP contribution in [0.4, 0.5) is 0 Å². The van der Waals surface area contributed by atoms with Crippen LogP contribution in [-0.2, 0) is 19.1 Å². The first-order valence-corrected chi connectivity index (χ1v) is 6.54. The van der Waals surface area contributed by atoms with Gasteiger partial charge in [0.1, 0.15) is 0 Å². The van der Waals surface area contributed by atoms with Crippen molar-refractivity contribution in [2.45, 2.75) is 40.0 Å². The van der Waals surface area contributed by atoms with Crippen molar-refractivity contribution in [2.75, 3.05) is 13.2 Å². The topological polar surface area (TPSA) is 52.6 Å². The third kappa shape index (κ3) is 4.89. The zero-order chi connectivity index (χ0) is 14.9. The average Bonchev–Trinajstić information content (AvgIpc) is 2.34. The average molecular weight is 268 g/mol. The monoisotopic (exact) mass is 268 g/mol. The van der Waals surface area contributed by atoms with E-state index in [1.165, 1.54) is 0 Å². The minimum absolute atomic E-state index is 0.206. The van der Waals surface area contributed by atoms with Crippen molar-refractivity contribution in [1.82, 2.24) is 0 Å². The highest BCUT2D eigenvalue weighted by atomic mass is 16.6. The third-order valence-electron chi connectivity index (χ3n) is 2.80. The molecule has 0 heterocycles. The molecule has 0 fully saturated rings. The number of carbonyl (C=O) groups excluding carboxylic acids is 2. The fourth-order valence-corrected chi connectivity index (χ4v) is 1.77. The fraction of sp³-hybridized carbons (Fsp3) is 0.600. The Morgan fingerprint density at radius 2 is 1.63 bits per heavy atom. The summed E-state index contributed by atoms with van der Waals surface area (Å²) in [7, 11) is 0. The summed E-state index contributed by atoms with van der Waals surface area (Å²) >= 11 is 0. The molecule has 108 valence electrons. The van der Waals surface area contributed by atoms with E-state index in [2.05, 4.69) is 13.2 Å². The Morgan fingerprint density at radius 3 is 1.95 bits per heavy atom. The molecule has 0 saturated heterocycles. The van der Waals surface area contributed by atoms with Crippen molar-refractivity contribution in [3.05, 3.63) is 24.8 Å². The molecule has 0 aromatic rings. The van der Waals surface area contributed by atoms with Crippen molar-refractivity contribution in [1.29, 1.82) is 0 Å². The van der Waals surface area contributed by atoms with Gasteiger partial charge >= 0.3 is 11.9 Å². The summed E-state index contributed by atoms with van der Waals surface area (Å²) in [4.78, 5) is 24.4. The van der Waals surface area contributed by atoms with Crippen LogP contribution in [0.25, 0.3) is 0 Å². The second-order valence-electron chi connectivity index (χ2n) is 4.47. The highest BCUT2D eigenvalue weighted by Crippen LogP contribution is 2.33. The highest BCUT2D eigenvalue weighted by Gasteiger charge is 2.47. The Morgan fingerprint density at radius 1 is 1.16 bits per heavy atom. The summed E-state index contributed by atoms with van der Waals surface area (Å²) in [6.45, 7) is 13.1. The molecule has 0 aromatic carbocycles. The maximum atomic E-state index is 12.2. The van der Waals surface area contributed by atoms with E-state index in [4.69, 9.17) is 9.47 Å². The summed E-state index contributed by atoms with van der Waals surface area (Å²) in [5.74, 6) is -1.09. The van der Waals surface area contributed by atoms with Crippen LogP contribution in [-0.4, -0.2) is 25.2 Å². The number of esters is 2. The number of hydrogen-bond donors (Lipinski definition) is 0. The van der Waals surface area contributed by atoms with Gasteiger partial charge in [-0.05, 0) is 40.0 Å². The number of carbonyl (C=O) groups is 2. The molecular weight excluding hydrogens is 244 g/mol. The van der Waals surface area contributed by atoms with Gasteiger partial charge in [-0.25, -0.2) is 0 Å². The molecule has 4 heteroatoms. The number of hydrogen-bond acceptors (Lipinski definition) is 4. The minimum atomic E-state index is -1.30. The van der Waals surface area contributed by atoms with Gasteiger partial charge in [-0.1, -0.05) is 11.6 Å². The lowest BCUT2D eigenvalue weighted by molar-refractivity contribution is -0.172. The van der Waals surface area contributed by atoms with Crippen molar-refractivity contribution in [2.24, 2.45) is 5.41 Å². The minimum Gasteiger partial charge on any atom is -0.465 e. The molecule has 0 radical (unpaired) electrons. The largest absolute Gasteiger partial charge is 0.465 e. The Hall–Kier alpha value is -1.58. The van der Waals surface area contributed by atoms with E-state index in [0.717, 1.165) is 5.57 Å². The standard InChI is InChI=1S/C15H24O4/c1-6-10-15(11-9-12(4)5,13(16)18-7-2)14(17)19-8-3/h6H,1,4,7-11H2,2-3,5H3. The van der Waals surface area contributed by atoms with Gasteiger partial charge in [0.15, 0.2) is 5.41 Å². The zero-order valence-corrected chi connectivity index (χ0v) is 12.2. The van der Waals surface area contributed by atoms with Crippen LogP contribution >= 0.6 is 0 Å². The molecule has 0 aliphatic heterocycles. The van der Waals surface area contributed by atoms with E-state index < -0.39 is 17.4 Å². The first kappa shape index (κ1) is 17.4. The molecule has 0 amide bonds. The summed E-state index contributed by atoms with van der Waals surface area (Å²) in [5.41, 5.74) is -0.394. The molecule has 0 atom stereocenters. The van der Waals surface area contributed by atoms with Gasteiger partial charge in [-0.2, -0.15) is 0 Å². The molecule has 0 unspecified atom stereocenters. The van der Waals surface area contributed by atoms with Crippen LogP contribution in [0.15, 0.2) is 24.8 Å². The van der Waals surface area contributed by atoms with Gasteiger partial charge in [-0.3, -0.25) is 9.59 Å². The van der Waals surface area contributed by atoms with Crippen molar-refractivity contribution < 1.29 is 19.1 Å². The summed E-state index contributed by atoms with van der Waals surface area (Å²) in [5, 5.41) is 0. The van der Waals surface area contributed by atoms with Gasteiger partial charge < -0.3 is 9.47 Å². The van der Waals surface area contributed by atoms with E-state index >= 15 is 0 Å². The van der Waals surface area contributed by atoms with Crippen LogP contribution in [0.1, 0.15) is 40.0 Å². The van der Waals surface area contributed by atoms with Gasteiger partial charge in [0, 0.05) is 0 Å². The van der Waals surface area contributed by atoms with E-state index in [9.17, 15) is 9.59 Å². The van der Waals surface area contributed by atoms with Gasteiger partial charge in [0.2, 0.25) is 0 Å². The smallest absolute Gasteiger partial charge is 0.323 e. The molecule has 0 spiro atoms. The molecular formula is C15H24O4. The van der Waals surface area contributed by atoms with Crippen LogP contribution in [0.2, 0.25) is 0 Å². The second kappa shape index (κ2) is 8.51. The summed E-state index contributed by atoms with van der Waals surface area (Å²) < 4.78 is 10.1. The lowest BCUT2D eigenvalue weighted by atomic mass is 9.79. The lowest BCUT2D eigenvalue weighted by Gasteiger charge is -2.28.